The number of hydrogen-bond acceptors (Lipinski definition) is 3. The molecule has 3 aromatic carbocycles. The number of likely N-dealkylation sites (tertiary alicyclic amines) is 1. The van der Waals surface area contributed by atoms with E-state index < -0.39 is 5.60 Å². The molecule has 1 aliphatic heterocycles. The van der Waals surface area contributed by atoms with Crippen LogP contribution in [-0.4, -0.2) is 27.7 Å². The molecule has 1 saturated heterocycles. The van der Waals surface area contributed by atoms with E-state index in [0.717, 1.165) is 41.6 Å². The van der Waals surface area contributed by atoms with E-state index in [1.54, 1.807) is 0 Å². The van der Waals surface area contributed by atoms with Crippen LogP contribution < -0.4 is 0 Å². The first-order chi connectivity index (χ1) is 14.8. The molecule has 1 atom stereocenters. The number of rotatable bonds is 5. The molecule has 0 spiro atoms. The minimum absolute atomic E-state index is 0.00688. The summed E-state index contributed by atoms with van der Waals surface area (Å²) in [5.74, 6) is 0.334. The van der Waals surface area contributed by atoms with Gasteiger partial charge in [0.1, 0.15) is 11.4 Å². The van der Waals surface area contributed by atoms with Gasteiger partial charge in [0.15, 0.2) is 0 Å². The van der Waals surface area contributed by atoms with Gasteiger partial charge in [-0.2, -0.15) is 0 Å². The van der Waals surface area contributed by atoms with E-state index in [2.05, 4.69) is 31.7 Å². The number of aliphatic hydroxyl groups is 1. The van der Waals surface area contributed by atoms with Crippen LogP contribution >= 0.6 is 0 Å². The molecule has 4 rings (SSSR count). The molecular formula is C28H33NO2. The standard InChI is InChI=1S/C28H33NO2/c1-27(2,3)24-17-16-21(25(30)19-24)20-29-18-10-15-26(29)28(31,22-11-6-4-7-12-22)23-13-8-5-9-14-23/h4-9,11-14,16-17,19,26,30-31H,10,15,18,20H2,1-3H3/t26-/m1/s1. The van der Waals surface area contributed by atoms with E-state index in [9.17, 15) is 10.2 Å². The summed E-state index contributed by atoms with van der Waals surface area (Å²) in [5, 5.41) is 23.0. The lowest BCUT2D eigenvalue weighted by Gasteiger charge is -2.40. The highest BCUT2D eigenvalue weighted by Gasteiger charge is 2.45. The molecular weight excluding hydrogens is 382 g/mol. The number of benzene rings is 3. The lowest BCUT2D eigenvalue weighted by molar-refractivity contribution is -0.00672. The van der Waals surface area contributed by atoms with Crippen LogP contribution in [0.2, 0.25) is 0 Å². The number of aromatic hydroxyl groups is 1. The quantitative estimate of drug-likeness (QED) is 0.571. The molecule has 3 aromatic rings. The average Bonchev–Trinajstić information content (AvgIpc) is 3.24. The van der Waals surface area contributed by atoms with Gasteiger partial charge >= 0.3 is 0 Å². The summed E-state index contributed by atoms with van der Waals surface area (Å²) >= 11 is 0. The first-order valence-corrected chi connectivity index (χ1v) is 11.2. The SMILES string of the molecule is CC(C)(C)c1ccc(CN2CCC[C@@H]2C(O)(c2ccccc2)c2ccccc2)c(O)c1. The Hall–Kier alpha value is -2.62. The van der Waals surface area contributed by atoms with Crippen LogP contribution in [0.3, 0.4) is 0 Å². The third-order valence-electron chi connectivity index (χ3n) is 6.60. The molecule has 0 aromatic heterocycles. The molecule has 3 nitrogen and oxygen atoms in total. The second-order valence-electron chi connectivity index (χ2n) is 9.72. The molecule has 0 aliphatic carbocycles. The molecule has 1 fully saturated rings. The van der Waals surface area contributed by atoms with Crippen molar-refractivity contribution in [2.75, 3.05) is 6.54 Å². The third-order valence-corrected chi connectivity index (χ3v) is 6.60. The molecule has 0 amide bonds. The Bertz CT molecular complexity index is 969. The largest absolute Gasteiger partial charge is 0.508 e. The van der Waals surface area contributed by atoms with Gasteiger partial charge in [-0.1, -0.05) is 93.6 Å². The number of phenols is 1. The summed E-state index contributed by atoms with van der Waals surface area (Å²) in [4.78, 5) is 2.33. The molecule has 0 saturated carbocycles. The first kappa shape index (κ1) is 21.6. The molecule has 2 N–H and O–H groups in total. The molecule has 3 heteroatoms. The summed E-state index contributed by atoms with van der Waals surface area (Å²) < 4.78 is 0. The van der Waals surface area contributed by atoms with Gasteiger partial charge in [-0.05, 0) is 47.6 Å². The van der Waals surface area contributed by atoms with Crippen LogP contribution in [0.15, 0.2) is 78.9 Å². The molecule has 1 aliphatic rings. The van der Waals surface area contributed by atoms with Crippen LogP contribution in [-0.2, 0) is 17.6 Å². The number of phenolic OH excluding ortho intramolecular Hbond substituents is 1. The van der Waals surface area contributed by atoms with Crippen LogP contribution in [0, 0.1) is 0 Å². The van der Waals surface area contributed by atoms with Gasteiger partial charge < -0.3 is 10.2 Å². The molecule has 0 bridgehead atoms. The summed E-state index contributed by atoms with van der Waals surface area (Å²) in [6.45, 7) is 7.96. The van der Waals surface area contributed by atoms with E-state index in [1.165, 1.54) is 0 Å². The second-order valence-corrected chi connectivity index (χ2v) is 9.72. The Balaban J connectivity index is 1.69. The Labute approximate surface area is 186 Å². The highest BCUT2D eigenvalue weighted by Crippen LogP contribution is 2.41. The average molecular weight is 416 g/mol. The molecule has 162 valence electrons. The zero-order chi connectivity index (χ0) is 22.1. The zero-order valence-electron chi connectivity index (χ0n) is 18.8. The van der Waals surface area contributed by atoms with E-state index in [0.29, 0.717) is 12.3 Å². The highest BCUT2D eigenvalue weighted by atomic mass is 16.3. The van der Waals surface area contributed by atoms with Gasteiger partial charge in [0.2, 0.25) is 0 Å². The van der Waals surface area contributed by atoms with Crippen molar-refractivity contribution < 1.29 is 10.2 Å². The number of hydrogen-bond donors (Lipinski definition) is 2. The molecule has 31 heavy (non-hydrogen) atoms. The van der Waals surface area contributed by atoms with Crippen molar-refractivity contribution in [2.24, 2.45) is 0 Å². The van der Waals surface area contributed by atoms with E-state index >= 15 is 0 Å². The number of nitrogens with zero attached hydrogens (tertiary/aromatic N) is 1. The Morgan fingerprint density at radius 1 is 0.839 bits per heavy atom. The molecule has 0 unspecified atom stereocenters. The van der Waals surface area contributed by atoms with Crippen LogP contribution in [0.25, 0.3) is 0 Å². The Morgan fingerprint density at radius 3 is 1.94 bits per heavy atom. The summed E-state index contributed by atoms with van der Waals surface area (Å²) in [6.07, 6.45) is 1.93. The lowest BCUT2D eigenvalue weighted by Crippen LogP contribution is -2.48. The van der Waals surface area contributed by atoms with Crippen LogP contribution in [0.1, 0.15) is 55.9 Å². The summed E-state index contributed by atoms with van der Waals surface area (Å²) in [7, 11) is 0. The maximum absolute atomic E-state index is 12.2. The van der Waals surface area contributed by atoms with Gasteiger partial charge in [0.25, 0.3) is 0 Å². The van der Waals surface area contributed by atoms with Gasteiger partial charge in [0, 0.05) is 18.2 Å². The van der Waals surface area contributed by atoms with Gasteiger partial charge in [0.05, 0.1) is 0 Å². The fourth-order valence-corrected chi connectivity index (χ4v) is 4.81. The normalized spacial score (nSPS) is 17.7. The highest BCUT2D eigenvalue weighted by molar-refractivity contribution is 5.41. The lowest BCUT2D eigenvalue weighted by atomic mass is 9.79. The smallest absolute Gasteiger partial charge is 0.130 e. The fraction of sp³-hybridized carbons (Fsp3) is 0.357. The van der Waals surface area contributed by atoms with Crippen molar-refractivity contribution in [3.8, 4) is 5.75 Å². The maximum Gasteiger partial charge on any atom is 0.130 e. The van der Waals surface area contributed by atoms with Crippen molar-refractivity contribution >= 4 is 0 Å². The second kappa shape index (κ2) is 8.49. The summed E-state index contributed by atoms with van der Waals surface area (Å²) in [6, 6.07) is 25.9. The third kappa shape index (κ3) is 4.26. The van der Waals surface area contributed by atoms with Crippen LogP contribution in [0.4, 0.5) is 0 Å². The van der Waals surface area contributed by atoms with Crippen molar-refractivity contribution in [3.63, 3.8) is 0 Å². The summed E-state index contributed by atoms with van der Waals surface area (Å²) in [5.41, 5.74) is 2.73. The van der Waals surface area contributed by atoms with E-state index in [1.807, 2.05) is 72.8 Å². The van der Waals surface area contributed by atoms with Crippen molar-refractivity contribution in [2.45, 2.75) is 57.2 Å². The predicted octanol–water partition coefficient (Wildman–Crippen LogP) is 5.59. The molecule has 0 radical (unpaired) electrons. The van der Waals surface area contributed by atoms with E-state index in [-0.39, 0.29) is 11.5 Å². The van der Waals surface area contributed by atoms with Crippen molar-refractivity contribution in [1.82, 2.24) is 4.90 Å². The minimum atomic E-state index is -1.11. The van der Waals surface area contributed by atoms with Gasteiger partial charge in [-0.3, -0.25) is 4.90 Å². The Kier molecular flexibility index (Phi) is 5.92. The fourth-order valence-electron chi connectivity index (χ4n) is 4.81. The topological polar surface area (TPSA) is 43.7 Å². The zero-order valence-corrected chi connectivity index (χ0v) is 18.8. The molecule has 1 heterocycles. The first-order valence-electron chi connectivity index (χ1n) is 11.2. The predicted molar refractivity (Wildman–Crippen MR) is 126 cm³/mol. The maximum atomic E-state index is 12.2. The van der Waals surface area contributed by atoms with E-state index in [4.69, 9.17) is 0 Å². The minimum Gasteiger partial charge on any atom is -0.508 e. The van der Waals surface area contributed by atoms with Gasteiger partial charge in [-0.25, -0.2) is 0 Å². The van der Waals surface area contributed by atoms with Gasteiger partial charge in [-0.15, -0.1) is 0 Å². The Morgan fingerprint density at radius 2 is 1.42 bits per heavy atom. The van der Waals surface area contributed by atoms with Crippen LogP contribution in [0.5, 0.6) is 5.75 Å². The van der Waals surface area contributed by atoms with Crippen molar-refractivity contribution in [1.29, 1.82) is 0 Å². The van der Waals surface area contributed by atoms with Crippen molar-refractivity contribution in [3.05, 3.63) is 101 Å². The monoisotopic (exact) mass is 415 g/mol.